The molecule has 1 aromatic heterocycles. The first-order chi connectivity index (χ1) is 13.1. The summed E-state index contributed by atoms with van der Waals surface area (Å²) in [5, 5.41) is 11.1. The first-order valence-corrected chi connectivity index (χ1v) is 8.08. The fraction of sp³-hybridized carbons (Fsp3) is 0.211. The predicted molar refractivity (Wildman–Crippen MR) is 95.3 cm³/mol. The van der Waals surface area contributed by atoms with Gasteiger partial charge in [0.1, 0.15) is 5.75 Å². The topological polar surface area (TPSA) is 84.2 Å². The zero-order valence-corrected chi connectivity index (χ0v) is 14.3. The molecule has 1 N–H and O–H groups in total. The van der Waals surface area contributed by atoms with Gasteiger partial charge in [0, 0.05) is 24.3 Å². The van der Waals surface area contributed by atoms with E-state index in [0.717, 1.165) is 0 Å². The lowest BCUT2D eigenvalue weighted by Crippen LogP contribution is -2.11. The number of carbonyl (C=O) groups is 1. The number of rotatable bonds is 9. The number of nitrogens with zero attached hydrogens (tertiary/aromatic N) is 2. The molecule has 0 saturated heterocycles. The molecule has 0 atom stereocenters. The van der Waals surface area contributed by atoms with Gasteiger partial charge in [0.15, 0.2) is 11.6 Å². The highest BCUT2D eigenvalue weighted by Gasteiger charge is 2.09. The van der Waals surface area contributed by atoms with Crippen molar-refractivity contribution in [3.05, 3.63) is 54.2 Å². The number of hydrogen-bond donors (Lipinski definition) is 1. The Morgan fingerprint density at radius 1 is 1.26 bits per heavy atom. The third-order valence-corrected chi connectivity index (χ3v) is 3.25. The van der Waals surface area contributed by atoms with Crippen molar-refractivity contribution in [2.24, 2.45) is 0 Å². The molecule has 0 fully saturated rings. The van der Waals surface area contributed by atoms with Crippen LogP contribution in [-0.2, 0) is 4.79 Å². The fourth-order valence-electron chi connectivity index (χ4n) is 2.08. The third-order valence-electron chi connectivity index (χ3n) is 3.25. The van der Waals surface area contributed by atoms with E-state index in [-0.39, 0.29) is 11.6 Å². The molecular formula is C19H17F2N3O3. The summed E-state index contributed by atoms with van der Waals surface area (Å²) in [6.45, 7) is -2.64. The Kier molecular flexibility index (Phi) is 7.72. The van der Waals surface area contributed by atoms with Gasteiger partial charge >= 0.3 is 6.61 Å². The Labute approximate surface area is 155 Å². The maximum absolute atomic E-state index is 12.4. The van der Waals surface area contributed by atoms with Crippen LogP contribution < -0.4 is 14.8 Å². The van der Waals surface area contributed by atoms with Gasteiger partial charge in [-0.15, -0.1) is 0 Å². The number of nitriles is 1. The summed E-state index contributed by atoms with van der Waals surface area (Å²) >= 11 is 0. The van der Waals surface area contributed by atoms with E-state index in [9.17, 15) is 13.6 Å². The number of ether oxygens (including phenoxy) is 2. The van der Waals surface area contributed by atoms with E-state index >= 15 is 0 Å². The van der Waals surface area contributed by atoms with Crippen LogP contribution in [0.15, 0.2) is 48.7 Å². The van der Waals surface area contributed by atoms with Crippen molar-refractivity contribution in [2.75, 3.05) is 11.9 Å². The summed E-state index contributed by atoms with van der Waals surface area (Å²) in [7, 11) is 0. The number of para-hydroxylation sites is 1. The quantitative estimate of drug-likeness (QED) is 0.530. The van der Waals surface area contributed by atoms with Crippen LogP contribution in [0.1, 0.15) is 18.4 Å². The van der Waals surface area contributed by atoms with Gasteiger partial charge in [0.25, 0.3) is 0 Å². The zero-order valence-electron chi connectivity index (χ0n) is 14.3. The van der Waals surface area contributed by atoms with Crippen molar-refractivity contribution in [1.29, 1.82) is 5.26 Å². The van der Waals surface area contributed by atoms with Gasteiger partial charge < -0.3 is 14.8 Å². The van der Waals surface area contributed by atoms with Gasteiger partial charge in [0.2, 0.25) is 5.91 Å². The Balaban J connectivity index is 2.02. The third kappa shape index (κ3) is 6.74. The van der Waals surface area contributed by atoms with Crippen molar-refractivity contribution in [1.82, 2.24) is 4.98 Å². The minimum absolute atomic E-state index is 0.0316. The molecule has 2 aromatic rings. The van der Waals surface area contributed by atoms with Crippen LogP contribution in [0.3, 0.4) is 0 Å². The molecule has 0 aliphatic rings. The van der Waals surface area contributed by atoms with Crippen molar-refractivity contribution in [3.8, 4) is 17.6 Å². The molecule has 0 radical (unpaired) electrons. The average molecular weight is 373 g/mol. The highest BCUT2D eigenvalue weighted by atomic mass is 19.3. The number of aromatic nitrogens is 1. The highest BCUT2D eigenvalue weighted by Crippen LogP contribution is 2.23. The minimum atomic E-state index is -2.96. The van der Waals surface area contributed by atoms with Crippen LogP contribution in [0.25, 0.3) is 6.08 Å². The molecule has 0 unspecified atom stereocenters. The second-order valence-electron chi connectivity index (χ2n) is 5.20. The summed E-state index contributed by atoms with van der Waals surface area (Å²) in [4.78, 5) is 16.2. The molecule has 140 valence electrons. The second kappa shape index (κ2) is 10.5. The Morgan fingerprint density at radius 2 is 2.04 bits per heavy atom. The summed E-state index contributed by atoms with van der Waals surface area (Å²) < 4.78 is 34.7. The smallest absolute Gasteiger partial charge is 0.387 e. The molecule has 6 nitrogen and oxygen atoms in total. The normalized spacial score (nSPS) is 10.6. The highest BCUT2D eigenvalue weighted by molar-refractivity contribution is 6.02. The number of pyridine rings is 1. The maximum Gasteiger partial charge on any atom is 0.387 e. The first-order valence-electron chi connectivity index (χ1n) is 8.08. The molecule has 0 spiro atoms. The molecule has 0 saturated carbocycles. The molecule has 1 heterocycles. The molecular weight excluding hydrogens is 356 g/mol. The standard InChI is InChI=1S/C19H17F2N3O3/c20-19(21)27-15-7-2-1-6-14(15)9-10-17(25)24-18-16(8-5-12-23-18)26-13-4-3-11-22/h1-2,5-10,12,19H,3-4,13H2,(H,23,24,25). The van der Waals surface area contributed by atoms with E-state index < -0.39 is 12.5 Å². The van der Waals surface area contributed by atoms with Crippen LogP contribution in [0, 0.1) is 11.3 Å². The van der Waals surface area contributed by atoms with E-state index in [0.29, 0.717) is 30.8 Å². The van der Waals surface area contributed by atoms with Gasteiger partial charge in [-0.3, -0.25) is 4.79 Å². The average Bonchev–Trinajstić information content (AvgIpc) is 2.65. The SMILES string of the molecule is N#CCCCOc1cccnc1NC(=O)C=Cc1ccccc1OC(F)F. The number of alkyl halides is 2. The van der Waals surface area contributed by atoms with E-state index in [4.69, 9.17) is 10.00 Å². The van der Waals surface area contributed by atoms with Gasteiger partial charge in [-0.2, -0.15) is 14.0 Å². The van der Waals surface area contributed by atoms with Gasteiger partial charge in [-0.25, -0.2) is 4.98 Å². The molecule has 1 aromatic carbocycles. The van der Waals surface area contributed by atoms with Crippen LogP contribution in [-0.4, -0.2) is 24.1 Å². The monoisotopic (exact) mass is 373 g/mol. The van der Waals surface area contributed by atoms with Gasteiger partial charge in [0.05, 0.1) is 12.7 Å². The van der Waals surface area contributed by atoms with E-state index in [1.807, 2.05) is 6.07 Å². The van der Waals surface area contributed by atoms with Crippen LogP contribution in [0.5, 0.6) is 11.5 Å². The largest absolute Gasteiger partial charge is 0.490 e. The van der Waals surface area contributed by atoms with Gasteiger partial charge in [-0.05, 0) is 30.7 Å². The van der Waals surface area contributed by atoms with E-state index in [2.05, 4.69) is 15.0 Å². The van der Waals surface area contributed by atoms with E-state index in [1.54, 1.807) is 30.3 Å². The summed E-state index contributed by atoms with van der Waals surface area (Å²) in [6.07, 6.45) is 4.96. The lowest BCUT2D eigenvalue weighted by Gasteiger charge is -2.10. The molecule has 0 bridgehead atoms. The molecule has 1 amide bonds. The van der Waals surface area contributed by atoms with Crippen molar-refractivity contribution >= 4 is 17.8 Å². The Morgan fingerprint density at radius 3 is 2.81 bits per heavy atom. The lowest BCUT2D eigenvalue weighted by atomic mass is 10.2. The molecule has 27 heavy (non-hydrogen) atoms. The Bertz CT molecular complexity index is 835. The van der Waals surface area contributed by atoms with Crippen LogP contribution in [0.2, 0.25) is 0 Å². The Hall–Kier alpha value is -3.47. The fourth-order valence-corrected chi connectivity index (χ4v) is 2.08. The number of unbranched alkanes of at least 4 members (excludes halogenated alkanes) is 1. The summed E-state index contributed by atoms with van der Waals surface area (Å²) in [6, 6.07) is 11.4. The summed E-state index contributed by atoms with van der Waals surface area (Å²) in [5.74, 6) is 0.0539. The second-order valence-corrected chi connectivity index (χ2v) is 5.20. The van der Waals surface area contributed by atoms with Crippen LogP contribution in [0.4, 0.5) is 14.6 Å². The van der Waals surface area contributed by atoms with Crippen molar-refractivity contribution in [2.45, 2.75) is 19.5 Å². The molecule has 8 heteroatoms. The lowest BCUT2D eigenvalue weighted by molar-refractivity contribution is -0.111. The number of nitrogens with one attached hydrogen (secondary N) is 1. The first kappa shape index (κ1) is 19.8. The summed E-state index contributed by atoms with van der Waals surface area (Å²) in [5.41, 5.74) is 0.335. The maximum atomic E-state index is 12.4. The van der Waals surface area contributed by atoms with Crippen LogP contribution >= 0.6 is 0 Å². The molecule has 0 aliphatic carbocycles. The zero-order chi connectivity index (χ0) is 19.5. The number of benzene rings is 1. The van der Waals surface area contributed by atoms with E-state index in [1.165, 1.54) is 24.4 Å². The van der Waals surface area contributed by atoms with Gasteiger partial charge in [-0.1, -0.05) is 18.2 Å². The predicted octanol–water partition coefficient (Wildman–Crippen LogP) is 4.02. The number of anilines is 1. The number of carbonyl (C=O) groups excluding carboxylic acids is 1. The number of hydrogen-bond acceptors (Lipinski definition) is 5. The number of amides is 1. The van der Waals surface area contributed by atoms with Crippen molar-refractivity contribution < 1.29 is 23.0 Å². The molecule has 2 rings (SSSR count). The number of halogens is 2. The molecule has 0 aliphatic heterocycles. The van der Waals surface area contributed by atoms with Crippen molar-refractivity contribution in [3.63, 3.8) is 0 Å². The minimum Gasteiger partial charge on any atom is -0.490 e.